The Morgan fingerprint density at radius 2 is 1.90 bits per heavy atom. The van der Waals surface area contributed by atoms with Gasteiger partial charge in [-0.3, -0.25) is 9.59 Å². The van der Waals surface area contributed by atoms with E-state index in [0.717, 1.165) is 0 Å². The third-order valence-electron chi connectivity index (χ3n) is 3.47. The quantitative estimate of drug-likeness (QED) is 0.861. The maximum Gasteiger partial charge on any atom is 0.306 e. The van der Waals surface area contributed by atoms with Gasteiger partial charge in [0.1, 0.15) is 5.82 Å². The molecule has 1 saturated heterocycles. The molecule has 4 nitrogen and oxygen atoms in total. The van der Waals surface area contributed by atoms with Gasteiger partial charge in [0.05, 0.1) is 5.92 Å². The number of aliphatic carboxylic acids is 1. The third kappa shape index (κ3) is 3.44. The van der Waals surface area contributed by atoms with E-state index in [-0.39, 0.29) is 17.6 Å². The van der Waals surface area contributed by atoms with E-state index in [2.05, 4.69) is 0 Å². The molecule has 1 amide bonds. The normalized spacial score (nSPS) is 16.6. The lowest BCUT2D eigenvalue weighted by atomic mass is 9.97. The number of carbonyl (C=O) groups excluding carboxylic acids is 1. The van der Waals surface area contributed by atoms with Crippen LogP contribution < -0.4 is 0 Å². The predicted octanol–water partition coefficient (Wildman–Crippen LogP) is 2.16. The number of carboxylic acid groups (broad SMARTS) is 1. The molecule has 0 spiro atoms. The van der Waals surface area contributed by atoms with Crippen LogP contribution >= 0.6 is 0 Å². The summed E-state index contributed by atoms with van der Waals surface area (Å²) in [5.74, 6) is -1.76. The van der Waals surface area contributed by atoms with Crippen molar-refractivity contribution < 1.29 is 19.1 Å². The monoisotopic (exact) mass is 277 g/mol. The van der Waals surface area contributed by atoms with Crippen molar-refractivity contribution in [3.05, 3.63) is 41.7 Å². The van der Waals surface area contributed by atoms with Crippen LogP contribution in [-0.2, 0) is 9.59 Å². The van der Waals surface area contributed by atoms with Gasteiger partial charge in [0.25, 0.3) is 0 Å². The van der Waals surface area contributed by atoms with E-state index in [1.807, 2.05) is 0 Å². The number of halogens is 1. The van der Waals surface area contributed by atoms with Gasteiger partial charge in [-0.25, -0.2) is 4.39 Å². The molecule has 0 saturated carbocycles. The van der Waals surface area contributed by atoms with Gasteiger partial charge in [0.15, 0.2) is 0 Å². The molecule has 0 bridgehead atoms. The molecule has 5 heteroatoms. The number of nitrogens with zero attached hydrogens (tertiary/aromatic N) is 1. The Labute approximate surface area is 116 Å². The Morgan fingerprint density at radius 1 is 1.25 bits per heavy atom. The molecule has 1 N–H and O–H groups in total. The van der Waals surface area contributed by atoms with Crippen LogP contribution in [0.25, 0.3) is 6.08 Å². The molecular weight excluding hydrogens is 261 g/mol. The molecule has 0 aliphatic carbocycles. The van der Waals surface area contributed by atoms with E-state index in [1.54, 1.807) is 23.1 Å². The number of amides is 1. The van der Waals surface area contributed by atoms with Gasteiger partial charge < -0.3 is 10.0 Å². The molecule has 1 fully saturated rings. The van der Waals surface area contributed by atoms with Gasteiger partial charge in [0.2, 0.25) is 5.91 Å². The number of hydrogen-bond donors (Lipinski definition) is 1. The Kier molecular flexibility index (Phi) is 4.50. The minimum Gasteiger partial charge on any atom is -0.481 e. The van der Waals surface area contributed by atoms with Gasteiger partial charge >= 0.3 is 5.97 Å². The second-order valence-corrected chi connectivity index (χ2v) is 4.79. The smallest absolute Gasteiger partial charge is 0.306 e. The summed E-state index contributed by atoms with van der Waals surface area (Å²) >= 11 is 0. The Balaban J connectivity index is 1.93. The highest BCUT2D eigenvalue weighted by atomic mass is 19.1. The molecule has 0 atom stereocenters. The molecule has 1 aromatic carbocycles. The Bertz CT molecular complexity index is 534. The summed E-state index contributed by atoms with van der Waals surface area (Å²) in [5.41, 5.74) is 0.362. The number of carbonyl (C=O) groups is 2. The lowest BCUT2D eigenvalue weighted by Gasteiger charge is -2.29. The fourth-order valence-electron chi connectivity index (χ4n) is 2.22. The van der Waals surface area contributed by atoms with E-state index in [1.165, 1.54) is 18.2 Å². The standard InChI is InChI=1S/C15H16FNO3/c16-13-4-2-1-3-11(13)5-6-14(18)17-9-7-12(8-10-17)15(19)20/h1-6,12H,7-10H2,(H,19,20)/b6-5-. The minimum absolute atomic E-state index is 0.211. The fraction of sp³-hybridized carbons (Fsp3) is 0.333. The molecule has 106 valence electrons. The van der Waals surface area contributed by atoms with Crippen molar-refractivity contribution >= 4 is 18.0 Å². The average molecular weight is 277 g/mol. The summed E-state index contributed by atoms with van der Waals surface area (Å²) < 4.78 is 13.4. The molecule has 1 aromatic rings. The van der Waals surface area contributed by atoms with Crippen LogP contribution in [0.3, 0.4) is 0 Å². The zero-order valence-corrected chi connectivity index (χ0v) is 11.0. The number of carboxylic acids is 1. The molecule has 0 aromatic heterocycles. The van der Waals surface area contributed by atoms with Crippen molar-refractivity contribution in [2.75, 3.05) is 13.1 Å². The lowest BCUT2D eigenvalue weighted by molar-refractivity contribution is -0.144. The summed E-state index contributed by atoms with van der Waals surface area (Å²) in [5, 5.41) is 8.89. The van der Waals surface area contributed by atoms with Crippen molar-refractivity contribution in [1.29, 1.82) is 0 Å². The molecule has 1 aliphatic heterocycles. The second kappa shape index (κ2) is 6.32. The first-order valence-electron chi connectivity index (χ1n) is 6.52. The number of likely N-dealkylation sites (tertiary alicyclic amines) is 1. The maximum absolute atomic E-state index is 13.4. The van der Waals surface area contributed by atoms with Crippen molar-refractivity contribution in [2.45, 2.75) is 12.8 Å². The third-order valence-corrected chi connectivity index (χ3v) is 3.47. The first kappa shape index (κ1) is 14.2. The van der Waals surface area contributed by atoms with Crippen LogP contribution in [0.1, 0.15) is 18.4 Å². The van der Waals surface area contributed by atoms with Crippen LogP contribution in [0.4, 0.5) is 4.39 Å². The summed E-state index contributed by atoms with van der Waals surface area (Å²) in [6, 6.07) is 6.22. The zero-order valence-electron chi connectivity index (χ0n) is 11.0. The largest absolute Gasteiger partial charge is 0.481 e. The molecular formula is C15H16FNO3. The van der Waals surface area contributed by atoms with Crippen molar-refractivity contribution in [1.82, 2.24) is 4.90 Å². The number of hydrogen-bond acceptors (Lipinski definition) is 2. The van der Waals surface area contributed by atoms with E-state index in [0.29, 0.717) is 31.5 Å². The summed E-state index contributed by atoms with van der Waals surface area (Å²) in [7, 11) is 0. The predicted molar refractivity (Wildman–Crippen MR) is 72.4 cm³/mol. The number of benzene rings is 1. The average Bonchev–Trinajstić information content (AvgIpc) is 2.46. The summed E-state index contributed by atoms with van der Waals surface area (Å²) in [4.78, 5) is 24.3. The highest BCUT2D eigenvalue weighted by molar-refractivity contribution is 5.92. The van der Waals surface area contributed by atoms with E-state index < -0.39 is 5.97 Å². The van der Waals surface area contributed by atoms with Crippen LogP contribution in [0.15, 0.2) is 30.3 Å². The maximum atomic E-state index is 13.4. The molecule has 1 aliphatic rings. The molecule has 2 rings (SSSR count). The summed E-state index contributed by atoms with van der Waals surface area (Å²) in [6.07, 6.45) is 3.71. The molecule has 0 unspecified atom stereocenters. The van der Waals surface area contributed by atoms with Crippen LogP contribution in [0.5, 0.6) is 0 Å². The molecule has 0 radical (unpaired) electrons. The number of rotatable bonds is 3. The highest BCUT2D eigenvalue weighted by Gasteiger charge is 2.25. The van der Waals surface area contributed by atoms with E-state index in [9.17, 15) is 14.0 Å². The minimum atomic E-state index is -0.806. The van der Waals surface area contributed by atoms with Gasteiger partial charge in [-0.2, -0.15) is 0 Å². The fourth-order valence-corrected chi connectivity index (χ4v) is 2.22. The topological polar surface area (TPSA) is 57.6 Å². The van der Waals surface area contributed by atoms with Gasteiger partial charge in [-0.1, -0.05) is 18.2 Å². The zero-order chi connectivity index (χ0) is 14.5. The van der Waals surface area contributed by atoms with Gasteiger partial charge in [-0.15, -0.1) is 0 Å². The van der Waals surface area contributed by atoms with Crippen molar-refractivity contribution in [3.63, 3.8) is 0 Å². The lowest BCUT2D eigenvalue weighted by Crippen LogP contribution is -2.39. The van der Waals surface area contributed by atoms with Gasteiger partial charge in [-0.05, 0) is 25.0 Å². The molecule has 20 heavy (non-hydrogen) atoms. The Morgan fingerprint density at radius 3 is 2.50 bits per heavy atom. The van der Waals surface area contributed by atoms with Crippen LogP contribution in [0.2, 0.25) is 0 Å². The van der Waals surface area contributed by atoms with Gasteiger partial charge in [0, 0.05) is 24.7 Å². The highest BCUT2D eigenvalue weighted by Crippen LogP contribution is 2.18. The number of piperidine rings is 1. The van der Waals surface area contributed by atoms with Crippen molar-refractivity contribution in [3.8, 4) is 0 Å². The van der Waals surface area contributed by atoms with E-state index >= 15 is 0 Å². The van der Waals surface area contributed by atoms with E-state index in [4.69, 9.17) is 5.11 Å². The summed E-state index contributed by atoms with van der Waals surface area (Å²) in [6.45, 7) is 0.856. The first-order chi connectivity index (χ1) is 9.58. The first-order valence-corrected chi connectivity index (χ1v) is 6.52. The molecule has 1 heterocycles. The van der Waals surface area contributed by atoms with Crippen LogP contribution in [0, 0.1) is 11.7 Å². The van der Waals surface area contributed by atoms with Crippen LogP contribution in [-0.4, -0.2) is 35.0 Å². The SMILES string of the molecule is O=C(O)C1CCN(C(=O)/C=C\c2ccccc2F)CC1. The van der Waals surface area contributed by atoms with Crippen molar-refractivity contribution in [2.24, 2.45) is 5.92 Å². The second-order valence-electron chi connectivity index (χ2n) is 4.79. The Hall–Kier alpha value is -2.17.